The van der Waals surface area contributed by atoms with Gasteiger partial charge in [0.2, 0.25) is 17.7 Å². The van der Waals surface area contributed by atoms with Crippen LogP contribution in [-0.2, 0) is 35.2 Å². The van der Waals surface area contributed by atoms with Crippen molar-refractivity contribution < 1.29 is 33.8 Å². The second-order valence-corrected chi connectivity index (χ2v) is 11.8. The molecule has 5 rings (SSSR count). The molecule has 4 heterocycles. The van der Waals surface area contributed by atoms with Crippen LogP contribution in [0.4, 0.5) is 0 Å². The topological polar surface area (TPSA) is 125 Å². The summed E-state index contributed by atoms with van der Waals surface area (Å²) in [5, 5.41) is 13.3. The van der Waals surface area contributed by atoms with Crippen LogP contribution in [0.2, 0.25) is 0 Å². The Labute approximate surface area is 246 Å². The van der Waals surface area contributed by atoms with Crippen LogP contribution in [0.15, 0.2) is 54.6 Å². The quantitative estimate of drug-likeness (QED) is 0.390. The predicted octanol–water partition coefficient (Wildman–Crippen LogP) is 1.97. The van der Waals surface area contributed by atoms with E-state index < -0.39 is 53.6 Å². The van der Waals surface area contributed by atoms with E-state index in [0.29, 0.717) is 12.8 Å². The lowest BCUT2D eigenvalue weighted by molar-refractivity contribution is -0.159. The van der Waals surface area contributed by atoms with Crippen LogP contribution in [0.1, 0.15) is 45.6 Å². The standard InChI is InChI=1S/C32H41N3O7/c1-4-20(2)23(19-36)35-28-30(39)34(18-22-11-7-5-8-12-22)16-10-6-9-13-25(37)33-17-21(3)41-31(40)26-24-14-15-32(28,42-24)27(26)29(35)38/h5-8,10-12,14-15,20-21,23-24,26-28,36H,4,9,13,16-19H2,1-3H3,(H,33,37)/b10-6-/t20-,21-,23-,24+,26-,27-,28+,32-/m0/s1. The van der Waals surface area contributed by atoms with Gasteiger partial charge in [0.15, 0.2) is 0 Å². The molecular formula is C32H41N3O7. The molecule has 8 atom stereocenters. The number of nitrogens with zero attached hydrogens (tertiary/aromatic N) is 2. The fourth-order valence-electron chi connectivity index (χ4n) is 6.74. The first-order chi connectivity index (χ1) is 20.2. The van der Waals surface area contributed by atoms with Crippen molar-refractivity contribution in [2.45, 2.75) is 76.5 Å². The number of nitrogens with one attached hydrogen (secondary N) is 1. The van der Waals surface area contributed by atoms with E-state index in [0.717, 1.165) is 5.56 Å². The zero-order valence-corrected chi connectivity index (χ0v) is 24.5. The average Bonchev–Trinajstić information content (AvgIpc) is 3.63. The van der Waals surface area contributed by atoms with Gasteiger partial charge in [-0.15, -0.1) is 0 Å². The second-order valence-electron chi connectivity index (χ2n) is 11.8. The molecule has 4 aliphatic rings. The number of carbonyl (C=O) groups is 4. The molecule has 2 N–H and O–H groups in total. The number of likely N-dealkylation sites (tertiary alicyclic amines) is 1. The van der Waals surface area contributed by atoms with E-state index in [9.17, 15) is 24.3 Å². The Morgan fingerprint density at radius 3 is 2.60 bits per heavy atom. The van der Waals surface area contributed by atoms with E-state index in [1.807, 2.05) is 56.3 Å². The number of aliphatic hydroxyl groups is 1. The van der Waals surface area contributed by atoms with Crippen molar-refractivity contribution in [2.75, 3.05) is 19.7 Å². The van der Waals surface area contributed by atoms with E-state index in [2.05, 4.69) is 5.32 Å². The summed E-state index contributed by atoms with van der Waals surface area (Å²) in [5.41, 5.74) is -0.453. The van der Waals surface area contributed by atoms with Crippen LogP contribution in [0.5, 0.6) is 0 Å². The third-order valence-corrected chi connectivity index (χ3v) is 9.13. The Morgan fingerprint density at radius 2 is 1.88 bits per heavy atom. The highest BCUT2D eigenvalue weighted by atomic mass is 16.6. The molecular weight excluding hydrogens is 538 g/mol. The molecule has 5 bridgehead atoms. The van der Waals surface area contributed by atoms with Crippen molar-refractivity contribution in [3.05, 3.63) is 60.2 Å². The highest BCUT2D eigenvalue weighted by Gasteiger charge is 2.74. The zero-order valence-electron chi connectivity index (χ0n) is 24.5. The summed E-state index contributed by atoms with van der Waals surface area (Å²) in [4.78, 5) is 58.2. The summed E-state index contributed by atoms with van der Waals surface area (Å²) in [6, 6.07) is 7.86. The van der Waals surface area contributed by atoms with Crippen LogP contribution in [-0.4, -0.2) is 88.2 Å². The molecule has 4 aliphatic heterocycles. The molecule has 1 spiro atoms. The van der Waals surface area contributed by atoms with Crippen molar-refractivity contribution in [3.8, 4) is 0 Å². The number of fused-ring (bicyclic) bond motifs is 2. The molecule has 10 heteroatoms. The summed E-state index contributed by atoms with van der Waals surface area (Å²) in [6.07, 6.45) is 7.32. The van der Waals surface area contributed by atoms with Crippen LogP contribution >= 0.6 is 0 Å². The Kier molecular flexibility index (Phi) is 8.84. The summed E-state index contributed by atoms with van der Waals surface area (Å²) in [7, 11) is 0. The molecule has 2 fully saturated rings. The Morgan fingerprint density at radius 1 is 1.12 bits per heavy atom. The number of rotatable bonds is 6. The molecule has 1 aromatic rings. The molecule has 0 aromatic heterocycles. The van der Waals surface area contributed by atoms with Crippen LogP contribution in [0.25, 0.3) is 0 Å². The zero-order chi connectivity index (χ0) is 30.0. The molecule has 0 aliphatic carbocycles. The van der Waals surface area contributed by atoms with Crippen LogP contribution in [0.3, 0.4) is 0 Å². The van der Waals surface area contributed by atoms with Gasteiger partial charge in [-0.3, -0.25) is 19.2 Å². The van der Waals surface area contributed by atoms with Gasteiger partial charge in [-0.05, 0) is 24.8 Å². The van der Waals surface area contributed by atoms with Gasteiger partial charge in [0.05, 0.1) is 31.2 Å². The molecule has 0 saturated carbocycles. The Balaban J connectivity index is 1.60. The number of allylic oxidation sites excluding steroid dienone is 1. The minimum atomic E-state index is -1.37. The number of amides is 3. The third-order valence-electron chi connectivity index (χ3n) is 9.13. The van der Waals surface area contributed by atoms with Crippen molar-refractivity contribution in [1.82, 2.24) is 15.1 Å². The minimum Gasteiger partial charge on any atom is -0.460 e. The van der Waals surface area contributed by atoms with Gasteiger partial charge in [-0.2, -0.15) is 0 Å². The van der Waals surface area contributed by atoms with Crippen molar-refractivity contribution in [2.24, 2.45) is 17.8 Å². The lowest BCUT2D eigenvalue weighted by Gasteiger charge is -2.40. The van der Waals surface area contributed by atoms with E-state index >= 15 is 0 Å². The highest BCUT2D eigenvalue weighted by molar-refractivity contribution is 5.99. The molecule has 2 saturated heterocycles. The van der Waals surface area contributed by atoms with Gasteiger partial charge in [-0.25, -0.2) is 0 Å². The maximum Gasteiger partial charge on any atom is 0.313 e. The molecule has 10 nitrogen and oxygen atoms in total. The molecule has 3 amide bonds. The number of benzene rings is 1. The first-order valence-corrected chi connectivity index (χ1v) is 15.0. The molecule has 226 valence electrons. The number of ether oxygens (including phenoxy) is 2. The third kappa shape index (κ3) is 5.38. The first kappa shape index (κ1) is 30.0. The molecule has 0 radical (unpaired) electrons. The maximum absolute atomic E-state index is 14.7. The largest absolute Gasteiger partial charge is 0.460 e. The summed E-state index contributed by atoms with van der Waals surface area (Å²) in [6.45, 7) is 5.95. The van der Waals surface area contributed by atoms with Gasteiger partial charge < -0.3 is 29.7 Å². The number of aliphatic hydroxyl groups excluding tert-OH is 1. The van der Waals surface area contributed by atoms with Crippen molar-refractivity contribution in [1.29, 1.82) is 0 Å². The maximum atomic E-state index is 14.7. The predicted molar refractivity (Wildman–Crippen MR) is 153 cm³/mol. The normalized spacial score (nSPS) is 33.8. The molecule has 42 heavy (non-hydrogen) atoms. The average molecular weight is 580 g/mol. The van der Waals surface area contributed by atoms with E-state index in [4.69, 9.17) is 9.47 Å². The number of carbonyl (C=O) groups excluding carboxylic acids is 4. The van der Waals surface area contributed by atoms with Gasteiger partial charge in [-0.1, -0.05) is 74.9 Å². The Hall–Kier alpha value is -3.50. The van der Waals surface area contributed by atoms with Gasteiger partial charge in [0, 0.05) is 19.5 Å². The Bertz CT molecular complexity index is 1250. The number of cyclic esters (lactones) is 1. The van der Waals surface area contributed by atoms with Crippen LogP contribution in [0, 0.1) is 17.8 Å². The fraction of sp³-hybridized carbons (Fsp3) is 0.562. The number of esters is 1. The van der Waals surface area contributed by atoms with Crippen molar-refractivity contribution >= 4 is 23.7 Å². The van der Waals surface area contributed by atoms with E-state index in [1.54, 1.807) is 24.0 Å². The highest BCUT2D eigenvalue weighted by Crippen LogP contribution is 2.56. The monoisotopic (exact) mass is 579 g/mol. The summed E-state index contributed by atoms with van der Waals surface area (Å²) in [5.74, 6) is -3.52. The molecule has 0 unspecified atom stereocenters. The lowest BCUT2D eigenvalue weighted by Crippen LogP contribution is -2.59. The van der Waals surface area contributed by atoms with Crippen LogP contribution < -0.4 is 5.32 Å². The summed E-state index contributed by atoms with van der Waals surface area (Å²) >= 11 is 0. The van der Waals surface area contributed by atoms with E-state index in [-0.39, 0.29) is 50.4 Å². The minimum absolute atomic E-state index is 0.111. The first-order valence-electron chi connectivity index (χ1n) is 15.0. The SMILES string of the molecule is CC[C@H](C)[C@H](CO)N1C(=O)[C@@H]2[C@H]3C(=O)O[C@@H](C)CNC(=O)CC/C=C\CN(Cc4ccccc4)C(=O)[C@@H]1[C@]21C=C[C@H]3O1. The summed E-state index contributed by atoms with van der Waals surface area (Å²) < 4.78 is 12.2. The lowest BCUT2D eigenvalue weighted by atomic mass is 9.74. The molecule has 1 aromatic carbocycles. The fourth-order valence-corrected chi connectivity index (χ4v) is 6.74. The van der Waals surface area contributed by atoms with Gasteiger partial charge in [0.25, 0.3) is 0 Å². The smallest absolute Gasteiger partial charge is 0.313 e. The van der Waals surface area contributed by atoms with Crippen molar-refractivity contribution in [3.63, 3.8) is 0 Å². The number of hydrogen-bond acceptors (Lipinski definition) is 7. The number of hydrogen-bond donors (Lipinski definition) is 2. The van der Waals surface area contributed by atoms with E-state index in [1.165, 1.54) is 4.90 Å². The van der Waals surface area contributed by atoms with Gasteiger partial charge >= 0.3 is 5.97 Å². The van der Waals surface area contributed by atoms with Gasteiger partial charge in [0.1, 0.15) is 23.7 Å². The second kappa shape index (κ2) is 12.4.